The molecule has 0 unspecified atom stereocenters. The molecule has 0 bridgehead atoms. The third-order valence-corrected chi connectivity index (χ3v) is 7.73. The van der Waals surface area contributed by atoms with Crippen molar-refractivity contribution in [3.05, 3.63) is 87.9 Å². The molecule has 0 spiro atoms. The molecule has 4 rings (SSSR count). The normalized spacial score (nSPS) is 13.7. The lowest BCUT2D eigenvalue weighted by molar-refractivity contribution is -0.129. The van der Waals surface area contributed by atoms with Gasteiger partial charge >= 0.3 is 0 Å². The summed E-state index contributed by atoms with van der Waals surface area (Å²) in [5.41, 5.74) is 0.689. The van der Waals surface area contributed by atoms with Crippen LogP contribution in [0.3, 0.4) is 0 Å². The maximum Gasteiger partial charge on any atom is 0.258 e. The standard InChI is InChI=1S/C27H24BrFN4O5S/c1-16(34)33-12-11-21(27(36)32-25-10-8-18(28)14-30-25)23(15-33)31-26(35)20-9-7-17(13-22(20)29)19-5-3-4-6-24(19)39(2,37)38/h3-10,13-14H,11-12,15H2,1-2H3,(H,31,35)(H,30,32,36). The van der Waals surface area contributed by atoms with Gasteiger partial charge in [-0.2, -0.15) is 0 Å². The molecule has 0 atom stereocenters. The lowest BCUT2D eigenvalue weighted by Crippen LogP contribution is -2.42. The molecule has 39 heavy (non-hydrogen) atoms. The smallest absolute Gasteiger partial charge is 0.258 e. The molecule has 2 heterocycles. The summed E-state index contributed by atoms with van der Waals surface area (Å²) in [6.07, 6.45) is 2.75. The number of benzene rings is 2. The number of nitrogens with one attached hydrogen (secondary N) is 2. The molecular formula is C27H24BrFN4O5S. The van der Waals surface area contributed by atoms with Crippen LogP contribution in [-0.4, -0.2) is 55.4 Å². The van der Waals surface area contributed by atoms with Crippen molar-refractivity contribution in [2.45, 2.75) is 18.2 Å². The number of hydrogen-bond acceptors (Lipinski definition) is 6. The minimum Gasteiger partial charge on any atom is -0.337 e. The van der Waals surface area contributed by atoms with E-state index in [0.717, 1.165) is 16.8 Å². The Bertz CT molecular complexity index is 1610. The topological polar surface area (TPSA) is 126 Å². The molecule has 1 aromatic heterocycles. The van der Waals surface area contributed by atoms with Crippen LogP contribution in [0.5, 0.6) is 0 Å². The van der Waals surface area contributed by atoms with Crippen LogP contribution in [0.15, 0.2) is 81.4 Å². The van der Waals surface area contributed by atoms with E-state index in [9.17, 15) is 22.8 Å². The quantitative estimate of drug-likeness (QED) is 0.433. The number of hydrogen-bond donors (Lipinski definition) is 2. The molecule has 2 aromatic carbocycles. The van der Waals surface area contributed by atoms with Crippen molar-refractivity contribution >= 4 is 49.3 Å². The molecule has 12 heteroatoms. The van der Waals surface area contributed by atoms with Crippen molar-refractivity contribution in [1.29, 1.82) is 0 Å². The fourth-order valence-electron chi connectivity index (χ4n) is 4.14. The van der Waals surface area contributed by atoms with Crippen LogP contribution in [0.1, 0.15) is 23.7 Å². The minimum absolute atomic E-state index is 0.0363. The van der Waals surface area contributed by atoms with Crippen molar-refractivity contribution in [2.24, 2.45) is 0 Å². The highest BCUT2D eigenvalue weighted by molar-refractivity contribution is 9.10. The lowest BCUT2D eigenvalue weighted by atomic mass is 10.0. The predicted octanol–water partition coefficient (Wildman–Crippen LogP) is 3.93. The first-order valence-electron chi connectivity index (χ1n) is 11.7. The monoisotopic (exact) mass is 614 g/mol. The molecule has 3 amide bonds. The van der Waals surface area contributed by atoms with Gasteiger partial charge in [0, 0.05) is 47.2 Å². The van der Waals surface area contributed by atoms with Crippen molar-refractivity contribution in [2.75, 3.05) is 24.7 Å². The Labute approximate surface area is 233 Å². The molecule has 202 valence electrons. The van der Waals surface area contributed by atoms with E-state index in [-0.39, 0.29) is 52.7 Å². The van der Waals surface area contributed by atoms with E-state index in [1.165, 1.54) is 36.2 Å². The second-order valence-corrected chi connectivity index (χ2v) is 11.8. The van der Waals surface area contributed by atoms with E-state index in [4.69, 9.17) is 0 Å². The first kappa shape index (κ1) is 28.1. The number of carbonyl (C=O) groups excluding carboxylic acids is 3. The van der Waals surface area contributed by atoms with Gasteiger partial charge in [-0.05, 0) is 58.2 Å². The SMILES string of the molecule is CC(=O)N1CCC(C(=O)Nc2ccc(Br)cn2)=C(NC(=O)c2ccc(-c3ccccc3S(C)(=O)=O)cc2F)C1. The van der Waals surface area contributed by atoms with Gasteiger partial charge in [0.05, 0.1) is 17.0 Å². The average Bonchev–Trinajstić information content (AvgIpc) is 2.89. The van der Waals surface area contributed by atoms with Gasteiger partial charge in [-0.3, -0.25) is 14.4 Å². The Morgan fingerprint density at radius 3 is 2.41 bits per heavy atom. The molecule has 9 nitrogen and oxygen atoms in total. The fourth-order valence-corrected chi connectivity index (χ4v) is 5.28. The van der Waals surface area contributed by atoms with Gasteiger partial charge in [-0.1, -0.05) is 24.3 Å². The maximum atomic E-state index is 15.2. The number of sulfone groups is 1. The molecule has 0 radical (unpaired) electrons. The summed E-state index contributed by atoms with van der Waals surface area (Å²) in [5.74, 6) is -2.14. The Morgan fingerprint density at radius 2 is 1.77 bits per heavy atom. The van der Waals surface area contributed by atoms with Crippen LogP contribution in [0.25, 0.3) is 11.1 Å². The van der Waals surface area contributed by atoms with Gasteiger partial charge in [0.15, 0.2) is 9.84 Å². The minimum atomic E-state index is -3.58. The number of halogens is 2. The first-order chi connectivity index (χ1) is 18.4. The Balaban J connectivity index is 1.63. The number of nitrogens with zero attached hydrogens (tertiary/aromatic N) is 2. The summed E-state index contributed by atoms with van der Waals surface area (Å²) in [7, 11) is -3.58. The van der Waals surface area contributed by atoms with Crippen LogP contribution >= 0.6 is 15.9 Å². The molecule has 0 fully saturated rings. The van der Waals surface area contributed by atoms with Crippen LogP contribution in [0.4, 0.5) is 10.2 Å². The Morgan fingerprint density at radius 1 is 1.03 bits per heavy atom. The zero-order chi connectivity index (χ0) is 28.3. The second kappa shape index (κ2) is 11.5. The first-order valence-corrected chi connectivity index (χ1v) is 14.4. The summed E-state index contributed by atoms with van der Waals surface area (Å²) < 4.78 is 40.2. The molecule has 3 aromatic rings. The van der Waals surface area contributed by atoms with E-state index in [0.29, 0.717) is 11.4 Å². The van der Waals surface area contributed by atoms with Crippen LogP contribution in [0, 0.1) is 5.82 Å². The van der Waals surface area contributed by atoms with E-state index < -0.39 is 27.5 Å². The Hall–Kier alpha value is -3.90. The number of aromatic nitrogens is 1. The van der Waals surface area contributed by atoms with Crippen molar-refractivity contribution in [3.63, 3.8) is 0 Å². The van der Waals surface area contributed by atoms with Gasteiger partial charge in [-0.15, -0.1) is 0 Å². The van der Waals surface area contributed by atoms with E-state index in [2.05, 4.69) is 31.5 Å². The van der Waals surface area contributed by atoms with Gasteiger partial charge in [0.2, 0.25) is 5.91 Å². The summed E-state index contributed by atoms with van der Waals surface area (Å²) in [5, 5.41) is 5.28. The zero-order valence-electron chi connectivity index (χ0n) is 21.0. The largest absolute Gasteiger partial charge is 0.337 e. The van der Waals surface area contributed by atoms with Crippen molar-refractivity contribution < 1.29 is 27.2 Å². The van der Waals surface area contributed by atoms with Crippen LogP contribution < -0.4 is 10.6 Å². The molecule has 1 aliphatic rings. The number of amides is 3. The molecule has 0 aliphatic carbocycles. The number of anilines is 1. The number of carbonyl (C=O) groups is 3. The van der Waals surface area contributed by atoms with Gasteiger partial charge < -0.3 is 15.5 Å². The highest BCUT2D eigenvalue weighted by atomic mass is 79.9. The highest BCUT2D eigenvalue weighted by Crippen LogP contribution is 2.29. The summed E-state index contributed by atoms with van der Waals surface area (Å²) in [6.45, 7) is 1.61. The molecule has 1 aliphatic heterocycles. The maximum absolute atomic E-state index is 15.2. The van der Waals surface area contributed by atoms with Crippen LogP contribution in [0.2, 0.25) is 0 Å². The van der Waals surface area contributed by atoms with Crippen LogP contribution in [-0.2, 0) is 19.4 Å². The summed E-state index contributed by atoms with van der Waals surface area (Å²) in [6, 6.07) is 13.3. The van der Waals surface area contributed by atoms with E-state index in [1.807, 2.05) is 0 Å². The molecule has 0 saturated carbocycles. The van der Waals surface area contributed by atoms with Gasteiger partial charge in [-0.25, -0.2) is 17.8 Å². The highest BCUT2D eigenvalue weighted by Gasteiger charge is 2.27. The summed E-state index contributed by atoms with van der Waals surface area (Å²) >= 11 is 3.28. The lowest BCUT2D eigenvalue weighted by Gasteiger charge is -2.30. The van der Waals surface area contributed by atoms with Crippen molar-refractivity contribution in [3.8, 4) is 11.1 Å². The zero-order valence-corrected chi connectivity index (χ0v) is 23.4. The van der Waals surface area contributed by atoms with E-state index >= 15 is 4.39 Å². The van der Waals surface area contributed by atoms with E-state index in [1.54, 1.807) is 30.3 Å². The number of rotatable bonds is 6. The Kier molecular flexibility index (Phi) is 8.26. The summed E-state index contributed by atoms with van der Waals surface area (Å²) in [4.78, 5) is 43.8. The van der Waals surface area contributed by atoms with Crippen molar-refractivity contribution in [1.82, 2.24) is 15.2 Å². The van der Waals surface area contributed by atoms with Gasteiger partial charge in [0.25, 0.3) is 11.8 Å². The third-order valence-electron chi connectivity index (χ3n) is 6.11. The predicted molar refractivity (Wildman–Crippen MR) is 147 cm³/mol. The molecule has 0 saturated heterocycles. The fraction of sp³-hybridized carbons (Fsp3) is 0.185. The number of pyridine rings is 1. The van der Waals surface area contributed by atoms with Gasteiger partial charge in [0.1, 0.15) is 11.6 Å². The molecule has 2 N–H and O–H groups in total. The second-order valence-electron chi connectivity index (χ2n) is 8.88. The third kappa shape index (κ3) is 6.58. The molecular weight excluding hydrogens is 591 g/mol. The average molecular weight is 615 g/mol.